The van der Waals surface area contributed by atoms with E-state index >= 15 is 0 Å². The van der Waals surface area contributed by atoms with Crippen molar-refractivity contribution in [1.82, 2.24) is 0 Å². The first kappa shape index (κ1) is 15.2. The Morgan fingerprint density at radius 2 is 1.55 bits per heavy atom. The molecule has 0 heterocycles. The summed E-state index contributed by atoms with van der Waals surface area (Å²) < 4.78 is 5.42. The van der Waals surface area contributed by atoms with Crippen LogP contribution in [0, 0.1) is 10.1 Å². The van der Waals surface area contributed by atoms with Gasteiger partial charge in [0, 0.05) is 17.2 Å². The standard InChI is InChI=1S/C12H5Cl4NO3/c13-6-1-2-11(9(16)3-6)20-12-5-8(15)7(14)4-10(12)17(18)19/h1-5H. The van der Waals surface area contributed by atoms with E-state index in [4.69, 9.17) is 51.1 Å². The highest BCUT2D eigenvalue weighted by Gasteiger charge is 2.20. The lowest BCUT2D eigenvalue weighted by Crippen LogP contribution is -1.94. The number of nitro groups is 1. The molecule has 0 saturated heterocycles. The van der Waals surface area contributed by atoms with E-state index in [0.717, 1.165) is 6.07 Å². The van der Waals surface area contributed by atoms with Crippen LogP contribution in [0.2, 0.25) is 20.1 Å². The Balaban J connectivity index is 2.47. The highest BCUT2D eigenvalue weighted by molar-refractivity contribution is 6.42. The quantitative estimate of drug-likeness (QED) is 0.502. The molecule has 2 aromatic carbocycles. The molecule has 0 aliphatic rings. The fraction of sp³-hybridized carbons (Fsp3) is 0. The summed E-state index contributed by atoms with van der Waals surface area (Å²) in [6.07, 6.45) is 0. The minimum Gasteiger partial charge on any atom is -0.448 e. The molecule has 8 heteroatoms. The summed E-state index contributed by atoms with van der Waals surface area (Å²) in [4.78, 5) is 10.4. The van der Waals surface area contributed by atoms with E-state index in [-0.39, 0.29) is 32.3 Å². The third-order valence-corrected chi connectivity index (χ3v) is 3.57. The van der Waals surface area contributed by atoms with Crippen LogP contribution in [0.25, 0.3) is 0 Å². The number of nitrogens with zero attached hydrogens (tertiary/aromatic N) is 1. The number of rotatable bonds is 3. The summed E-state index contributed by atoms with van der Waals surface area (Å²) >= 11 is 23.3. The molecule has 0 aliphatic heterocycles. The van der Waals surface area contributed by atoms with E-state index in [2.05, 4.69) is 0 Å². The van der Waals surface area contributed by atoms with Crippen molar-refractivity contribution >= 4 is 52.1 Å². The molecular formula is C12H5Cl4NO3. The molecule has 0 aromatic heterocycles. The van der Waals surface area contributed by atoms with Crippen LogP contribution in [-0.4, -0.2) is 4.92 Å². The summed E-state index contributed by atoms with van der Waals surface area (Å²) in [5, 5.41) is 11.8. The van der Waals surface area contributed by atoms with Gasteiger partial charge in [-0.15, -0.1) is 0 Å². The average Bonchev–Trinajstić information content (AvgIpc) is 2.36. The third kappa shape index (κ3) is 3.27. The molecule has 0 bridgehead atoms. The Morgan fingerprint density at radius 3 is 2.15 bits per heavy atom. The predicted octanol–water partition coefficient (Wildman–Crippen LogP) is 6.00. The van der Waals surface area contributed by atoms with Crippen LogP contribution in [0.5, 0.6) is 11.5 Å². The number of hydrogen-bond donors (Lipinski definition) is 0. The topological polar surface area (TPSA) is 52.4 Å². The average molecular weight is 353 g/mol. The number of hydrogen-bond acceptors (Lipinski definition) is 3. The maximum atomic E-state index is 11.0. The fourth-order valence-electron chi connectivity index (χ4n) is 1.42. The normalized spacial score (nSPS) is 10.4. The predicted molar refractivity (Wildman–Crippen MR) is 79.7 cm³/mol. The zero-order valence-corrected chi connectivity index (χ0v) is 12.6. The first-order chi connectivity index (χ1) is 9.38. The van der Waals surface area contributed by atoms with Gasteiger partial charge in [0.25, 0.3) is 0 Å². The van der Waals surface area contributed by atoms with Crippen molar-refractivity contribution in [2.75, 3.05) is 0 Å². The molecule has 0 fully saturated rings. The zero-order valence-electron chi connectivity index (χ0n) is 9.57. The van der Waals surface area contributed by atoms with Crippen molar-refractivity contribution < 1.29 is 9.66 Å². The SMILES string of the molecule is O=[N+]([O-])c1cc(Cl)c(Cl)cc1Oc1ccc(Cl)cc1Cl. The summed E-state index contributed by atoms with van der Waals surface area (Å²) in [7, 11) is 0. The zero-order chi connectivity index (χ0) is 14.9. The maximum Gasteiger partial charge on any atom is 0.313 e. The van der Waals surface area contributed by atoms with Gasteiger partial charge in [-0.05, 0) is 18.2 Å². The summed E-state index contributed by atoms with van der Waals surface area (Å²) in [6.45, 7) is 0. The fourth-order valence-corrected chi connectivity index (χ4v) is 2.18. The molecular weight excluding hydrogens is 348 g/mol. The smallest absolute Gasteiger partial charge is 0.313 e. The molecule has 2 aromatic rings. The number of benzene rings is 2. The van der Waals surface area contributed by atoms with Gasteiger partial charge in [0.15, 0.2) is 0 Å². The highest BCUT2D eigenvalue weighted by Crippen LogP contribution is 2.40. The van der Waals surface area contributed by atoms with Crippen molar-refractivity contribution in [3.63, 3.8) is 0 Å². The van der Waals surface area contributed by atoms with Crippen LogP contribution in [0.4, 0.5) is 5.69 Å². The van der Waals surface area contributed by atoms with Crippen molar-refractivity contribution in [1.29, 1.82) is 0 Å². The summed E-state index contributed by atoms with van der Waals surface area (Å²) in [5.41, 5.74) is -0.314. The molecule has 0 atom stereocenters. The second-order valence-corrected chi connectivity index (χ2v) is 5.33. The Bertz CT molecular complexity index is 691. The van der Waals surface area contributed by atoms with Crippen LogP contribution in [0.3, 0.4) is 0 Å². The molecule has 0 spiro atoms. The molecule has 0 unspecified atom stereocenters. The highest BCUT2D eigenvalue weighted by atomic mass is 35.5. The van der Waals surface area contributed by atoms with Gasteiger partial charge in [0.05, 0.1) is 20.0 Å². The second-order valence-electron chi connectivity index (χ2n) is 3.67. The first-order valence-electron chi connectivity index (χ1n) is 5.15. The van der Waals surface area contributed by atoms with Crippen molar-refractivity contribution in [2.45, 2.75) is 0 Å². The minimum absolute atomic E-state index is 0.0615. The third-order valence-electron chi connectivity index (χ3n) is 2.31. The van der Waals surface area contributed by atoms with Gasteiger partial charge in [-0.2, -0.15) is 0 Å². The van der Waals surface area contributed by atoms with Gasteiger partial charge in [-0.3, -0.25) is 10.1 Å². The molecule has 0 saturated carbocycles. The van der Waals surface area contributed by atoms with Crippen molar-refractivity contribution in [3.8, 4) is 11.5 Å². The molecule has 2 rings (SSSR count). The number of ether oxygens (including phenoxy) is 1. The molecule has 4 nitrogen and oxygen atoms in total. The number of halogens is 4. The summed E-state index contributed by atoms with van der Waals surface area (Å²) in [5.74, 6) is 0.158. The molecule has 104 valence electrons. The monoisotopic (exact) mass is 351 g/mol. The van der Waals surface area contributed by atoms with E-state index in [1.165, 1.54) is 18.2 Å². The van der Waals surface area contributed by atoms with Gasteiger partial charge >= 0.3 is 5.69 Å². The molecule has 0 N–H and O–H groups in total. The Kier molecular flexibility index (Phi) is 4.60. The number of nitro benzene ring substituents is 1. The lowest BCUT2D eigenvalue weighted by atomic mass is 10.3. The van der Waals surface area contributed by atoms with Gasteiger partial charge < -0.3 is 4.74 Å². The van der Waals surface area contributed by atoms with Crippen LogP contribution in [0.15, 0.2) is 30.3 Å². The van der Waals surface area contributed by atoms with Crippen LogP contribution >= 0.6 is 46.4 Å². The molecule has 0 aliphatic carbocycles. The van der Waals surface area contributed by atoms with E-state index in [0.29, 0.717) is 5.02 Å². The largest absolute Gasteiger partial charge is 0.448 e. The van der Waals surface area contributed by atoms with Gasteiger partial charge in [-0.1, -0.05) is 46.4 Å². The Hall–Kier alpha value is -1.20. The van der Waals surface area contributed by atoms with Gasteiger partial charge in [-0.25, -0.2) is 0 Å². The lowest BCUT2D eigenvalue weighted by molar-refractivity contribution is -0.385. The van der Waals surface area contributed by atoms with Crippen LogP contribution in [0.1, 0.15) is 0 Å². The molecule has 0 radical (unpaired) electrons. The summed E-state index contributed by atoms with van der Waals surface area (Å²) in [6, 6.07) is 6.88. The second kappa shape index (κ2) is 6.06. The molecule has 0 amide bonds. The van der Waals surface area contributed by atoms with Crippen LogP contribution < -0.4 is 4.74 Å². The molecule has 20 heavy (non-hydrogen) atoms. The van der Waals surface area contributed by atoms with E-state index in [9.17, 15) is 10.1 Å². The minimum atomic E-state index is -0.624. The maximum absolute atomic E-state index is 11.0. The van der Waals surface area contributed by atoms with Crippen molar-refractivity contribution in [2.24, 2.45) is 0 Å². The van der Waals surface area contributed by atoms with Gasteiger partial charge in [0.2, 0.25) is 5.75 Å². The van der Waals surface area contributed by atoms with Gasteiger partial charge in [0.1, 0.15) is 5.75 Å². The lowest BCUT2D eigenvalue weighted by Gasteiger charge is -2.09. The van der Waals surface area contributed by atoms with Crippen molar-refractivity contribution in [3.05, 3.63) is 60.5 Å². The van der Waals surface area contributed by atoms with E-state index in [1.54, 1.807) is 6.07 Å². The van der Waals surface area contributed by atoms with Crippen LogP contribution in [-0.2, 0) is 0 Å². The Morgan fingerprint density at radius 1 is 0.900 bits per heavy atom. The Labute approximate surface area is 133 Å². The van der Waals surface area contributed by atoms with E-state index < -0.39 is 4.92 Å². The van der Waals surface area contributed by atoms with E-state index in [1.807, 2.05) is 0 Å². The first-order valence-corrected chi connectivity index (χ1v) is 6.66.